The van der Waals surface area contributed by atoms with Crippen LogP contribution in [-0.4, -0.2) is 24.0 Å². The monoisotopic (exact) mass is 247 g/mol. The van der Waals surface area contributed by atoms with Gasteiger partial charge < -0.3 is 14.4 Å². The van der Waals surface area contributed by atoms with E-state index in [2.05, 4.69) is 5.16 Å². The van der Waals surface area contributed by atoms with Gasteiger partial charge in [0.2, 0.25) is 0 Å². The number of aliphatic hydroxyl groups is 1. The summed E-state index contributed by atoms with van der Waals surface area (Å²) in [6.07, 6.45) is 1.41. The molecule has 2 aromatic rings. The predicted molar refractivity (Wildman–Crippen MR) is 68.1 cm³/mol. The molecule has 1 aromatic carbocycles. The topological polar surface area (TPSA) is 55.5 Å². The molecule has 1 N–H and O–H groups in total. The van der Waals surface area contributed by atoms with E-state index in [1.54, 1.807) is 7.11 Å². The van der Waals surface area contributed by atoms with Crippen molar-refractivity contribution in [2.75, 3.05) is 13.7 Å². The third-order valence-electron chi connectivity index (χ3n) is 2.70. The molecule has 0 aliphatic heterocycles. The number of aromatic nitrogens is 1. The molecule has 0 radical (unpaired) electrons. The summed E-state index contributed by atoms with van der Waals surface area (Å²) in [7, 11) is 1.68. The van der Waals surface area contributed by atoms with Crippen molar-refractivity contribution < 1.29 is 14.4 Å². The highest BCUT2D eigenvalue weighted by Crippen LogP contribution is 2.20. The van der Waals surface area contributed by atoms with E-state index in [1.165, 1.54) is 0 Å². The van der Waals surface area contributed by atoms with E-state index in [0.717, 1.165) is 22.6 Å². The normalized spacial score (nSPS) is 10.8. The Kier molecular flexibility index (Phi) is 4.50. The quantitative estimate of drug-likeness (QED) is 0.851. The third-order valence-corrected chi connectivity index (χ3v) is 2.70. The first kappa shape index (κ1) is 12.8. The Labute approximate surface area is 106 Å². The van der Waals surface area contributed by atoms with Crippen molar-refractivity contribution in [1.29, 1.82) is 0 Å². The van der Waals surface area contributed by atoms with E-state index < -0.39 is 0 Å². The zero-order valence-corrected chi connectivity index (χ0v) is 10.4. The zero-order valence-electron chi connectivity index (χ0n) is 10.4. The van der Waals surface area contributed by atoms with Gasteiger partial charge in [0.25, 0.3) is 0 Å². The van der Waals surface area contributed by atoms with Crippen LogP contribution in [0.25, 0.3) is 11.3 Å². The van der Waals surface area contributed by atoms with Crippen LogP contribution < -0.4 is 0 Å². The molecule has 4 heteroatoms. The van der Waals surface area contributed by atoms with Crippen molar-refractivity contribution in [2.24, 2.45) is 0 Å². The van der Waals surface area contributed by atoms with Crippen LogP contribution >= 0.6 is 0 Å². The Morgan fingerprint density at radius 1 is 1.28 bits per heavy atom. The Morgan fingerprint density at radius 2 is 2.06 bits per heavy atom. The highest BCUT2D eigenvalue weighted by Gasteiger charge is 2.06. The van der Waals surface area contributed by atoms with E-state index >= 15 is 0 Å². The summed E-state index contributed by atoms with van der Waals surface area (Å²) < 4.78 is 10.3. The number of hydrogen-bond donors (Lipinski definition) is 1. The molecule has 0 saturated carbocycles. The van der Waals surface area contributed by atoms with E-state index in [-0.39, 0.29) is 6.61 Å². The maximum absolute atomic E-state index is 8.76. The fourth-order valence-electron chi connectivity index (χ4n) is 1.76. The molecular weight excluding hydrogens is 230 g/mol. The fraction of sp³-hybridized carbons (Fsp3) is 0.357. The lowest BCUT2D eigenvalue weighted by Gasteiger charge is -2.00. The number of methoxy groups -OCH3 is 1. The first-order valence-electron chi connectivity index (χ1n) is 5.98. The van der Waals surface area contributed by atoms with Crippen LogP contribution in [0.2, 0.25) is 0 Å². The van der Waals surface area contributed by atoms with Crippen molar-refractivity contribution in [3.05, 3.63) is 41.7 Å². The minimum atomic E-state index is 0.168. The highest BCUT2D eigenvalue weighted by molar-refractivity contribution is 5.59. The number of rotatable bonds is 6. The summed E-state index contributed by atoms with van der Waals surface area (Å²) in [5, 5.41) is 12.8. The summed E-state index contributed by atoms with van der Waals surface area (Å²) >= 11 is 0. The molecule has 18 heavy (non-hydrogen) atoms. The highest BCUT2D eigenvalue weighted by atomic mass is 16.5. The molecule has 96 valence electrons. The van der Waals surface area contributed by atoms with Gasteiger partial charge in [-0.05, 0) is 12.0 Å². The smallest absolute Gasteiger partial charge is 0.137 e. The maximum atomic E-state index is 8.76. The van der Waals surface area contributed by atoms with Crippen LogP contribution in [0.4, 0.5) is 0 Å². The van der Waals surface area contributed by atoms with Crippen LogP contribution in [0.15, 0.2) is 34.9 Å². The summed E-state index contributed by atoms with van der Waals surface area (Å²) in [4.78, 5) is 0. The molecule has 1 heterocycles. The van der Waals surface area contributed by atoms with E-state index in [9.17, 15) is 0 Å². The van der Waals surface area contributed by atoms with Gasteiger partial charge in [-0.15, -0.1) is 0 Å². The average molecular weight is 247 g/mol. The maximum Gasteiger partial charge on any atom is 0.137 e. The molecule has 0 unspecified atom stereocenters. The number of aliphatic hydroxyl groups excluding tert-OH is 1. The van der Waals surface area contributed by atoms with Gasteiger partial charge in [-0.3, -0.25) is 0 Å². The SMILES string of the molecule is COCc1ccc(-c2cc(CCCO)on2)cc1. The van der Waals surface area contributed by atoms with Crippen molar-refractivity contribution in [3.8, 4) is 11.3 Å². The molecule has 0 spiro atoms. The Bertz CT molecular complexity index is 476. The van der Waals surface area contributed by atoms with Gasteiger partial charge in [-0.1, -0.05) is 29.4 Å². The first-order chi connectivity index (χ1) is 8.83. The van der Waals surface area contributed by atoms with Gasteiger partial charge >= 0.3 is 0 Å². The molecule has 0 saturated heterocycles. The van der Waals surface area contributed by atoms with E-state index in [1.807, 2.05) is 30.3 Å². The Balaban J connectivity index is 2.08. The second-order valence-corrected chi connectivity index (χ2v) is 4.14. The van der Waals surface area contributed by atoms with E-state index in [4.69, 9.17) is 14.4 Å². The lowest BCUT2D eigenvalue weighted by Crippen LogP contribution is -1.87. The number of aryl methyl sites for hydroxylation is 1. The summed E-state index contributed by atoms with van der Waals surface area (Å²) in [6.45, 7) is 0.780. The molecule has 0 aliphatic carbocycles. The van der Waals surface area contributed by atoms with Crippen molar-refractivity contribution in [2.45, 2.75) is 19.4 Å². The molecular formula is C14H17NO3. The third kappa shape index (κ3) is 3.18. The van der Waals surface area contributed by atoms with Gasteiger partial charge in [0.05, 0.1) is 6.61 Å². The van der Waals surface area contributed by atoms with Crippen LogP contribution in [0.1, 0.15) is 17.7 Å². The number of ether oxygens (including phenoxy) is 1. The molecule has 2 rings (SSSR count). The van der Waals surface area contributed by atoms with Gasteiger partial charge in [0, 0.05) is 31.8 Å². The molecule has 4 nitrogen and oxygen atoms in total. The summed E-state index contributed by atoms with van der Waals surface area (Å²) in [6, 6.07) is 9.95. The van der Waals surface area contributed by atoms with Gasteiger partial charge in [0.1, 0.15) is 11.5 Å². The largest absolute Gasteiger partial charge is 0.396 e. The minimum absolute atomic E-state index is 0.168. The molecule has 0 fully saturated rings. The summed E-state index contributed by atoms with van der Waals surface area (Å²) in [5.41, 5.74) is 2.98. The fourth-order valence-corrected chi connectivity index (χ4v) is 1.76. The Hall–Kier alpha value is -1.65. The molecule has 0 bridgehead atoms. The lowest BCUT2D eigenvalue weighted by molar-refractivity contribution is 0.185. The van der Waals surface area contributed by atoms with Crippen molar-refractivity contribution in [3.63, 3.8) is 0 Å². The average Bonchev–Trinajstić information content (AvgIpc) is 2.86. The van der Waals surface area contributed by atoms with Crippen molar-refractivity contribution >= 4 is 0 Å². The minimum Gasteiger partial charge on any atom is -0.396 e. The molecule has 0 amide bonds. The van der Waals surface area contributed by atoms with Gasteiger partial charge in [-0.25, -0.2) is 0 Å². The number of benzene rings is 1. The Morgan fingerprint density at radius 3 is 2.72 bits per heavy atom. The first-order valence-corrected chi connectivity index (χ1v) is 5.98. The van der Waals surface area contributed by atoms with Gasteiger partial charge in [-0.2, -0.15) is 0 Å². The van der Waals surface area contributed by atoms with Crippen molar-refractivity contribution in [1.82, 2.24) is 5.16 Å². The molecule has 0 aliphatic rings. The molecule has 1 aromatic heterocycles. The van der Waals surface area contributed by atoms with Crippen LogP contribution in [0.5, 0.6) is 0 Å². The van der Waals surface area contributed by atoms with Crippen LogP contribution in [0, 0.1) is 0 Å². The van der Waals surface area contributed by atoms with Crippen LogP contribution in [-0.2, 0) is 17.8 Å². The van der Waals surface area contributed by atoms with Crippen LogP contribution in [0.3, 0.4) is 0 Å². The molecule has 0 atom stereocenters. The van der Waals surface area contributed by atoms with Gasteiger partial charge in [0.15, 0.2) is 0 Å². The second-order valence-electron chi connectivity index (χ2n) is 4.14. The standard InChI is InChI=1S/C14H17NO3/c1-17-10-11-4-6-12(7-5-11)14-9-13(18-15-14)3-2-8-16/h4-7,9,16H,2-3,8,10H2,1H3. The predicted octanol–water partition coefficient (Wildman–Crippen LogP) is 2.41. The second kappa shape index (κ2) is 6.33. The zero-order chi connectivity index (χ0) is 12.8. The lowest BCUT2D eigenvalue weighted by atomic mass is 10.1. The van der Waals surface area contributed by atoms with E-state index in [0.29, 0.717) is 19.4 Å². The summed E-state index contributed by atoms with van der Waals surface area (Å²) in [5.74, 6) is 0.806. The number of nitrogens with zero attached hydrogens (tertiary/aromatic N) is 1. The number of hydrogen-bond acceptors (Lipinski definition) is 4.